The van der Waals surface area contributed by atoms with Gasteiger partial charge in [-0.05, 0) is 12.1 Å². The Morgan fingerprint density at radius 3 is 2.55 bits per heavy atom. The van der Waals surface area contributed by atoms with Crippen molar-refractivity contribution < 1.29 is 22.7 Å². The molecular formula is C12H10ClF3N4O2. The highest BCUT2D eigenvalue weighted by molar-refractivity contribution is 6.34. The first-order valence-corrected chi connectivity index (χ1v) is 6.25. The number of ether oxygens (including phenoxy) is 1. The smallest absolute Gasteiger partial charge is 0.422 e. The quantitative estimate of drug-likeness (QED) is 0.901. The molecule has 0 spiro atoms. The van der Waals surface area contributed by atoms with E-state index < -0.39 is 24.7 Å². The molecule has 0 saturated carbocycles. The molecule has 2 rings (SSSR count). The number of hydrogen-bond donors (Lipinski definition) is 2. The molecule has 0 bridgehead atoms. The number of anilines is 1. The number of urea groups is 1. The molecule has 1 aromatic heterocycles. The number of primary amides is 1. The molecule has 0 unspecified atom stereocenters. The van der Waals surface area contributed by atoms with Crippen molar-refractivity contribution in [3.05, 3.63) is 35.4 Å². The van der Waals surface area contributed by atoms with Crippen LogP contribution in [0, 0.1) is 0 Å². The van der Waals surface area contributed by atoms with Crippen LogP contribution in [-0.2, 0) is 0 Å². The van der Waals surface area contributed by atoms with Crippen LogP contribution in [0.2, 0.25) is 5.02 Å². The lowest BCUT2D eigenvalue weighted by Crippen LogP contribution is -2.21. The van der Waals surface area contributed by atoms with E-state index in [4.69, 9.17) is 17.3 Å². The third kappa shape index (κ3) is 3.82. The van der Waals surface area contributed by atoms with Gasteiger partial charge in [0.15, 0.2) is 12.4 Å². The third-order valence-corrected chi connectivity index (χ3v) is 2.75. The summed E-state index contributed by atoms with van der Waals surface area (Å²) in [5.74, 6) is -0.552. The molecular weight excluding hydrogens is 325 g/mol. The summed E-state index contributed by atoms with van der Waals surface area (Å²) >= 11 is 5.91. The van der Waals surface area contributed by atoms with E-state index in [1.165, 1.54) is 0 Å². The van der Waals surface area contributed by atoms with Gasteiger partial charge in [0, 0.05) is 0 Å². The van der Waals surface area contributed by atoms with Gasteiger partial charge in [-0.25, -0.2) is 9.48 Å². The molecule has 2 amide bonds. The second-order valence-electron chi connectivity index (χ2n) is 4.11. The van der Waals surface area contributed by atoms with Crippen LogP contribution in [0.5, 0.6) is 5.88 Å². The van der Waals surface area contributed by atoms with Gasteiger partial charge in [0.2, 0.25) is 0 Å². The molecule has 0 atom stereocenters. The fourth-order valence-corrected chi connectivity index (χ4v) is 1.82. The van der Waals surface area contributed by atoms with Crippen molar-refractivity contribution in [2.45, 2.75) is 6.18 Å². The van der Waals surface area contributed by atoms with Crippen LogP contribution in [0.15, 0.2) is 30.3 Å². The summed E-state index contributed by atoms with van der Waals surface area (Å²) in [4.78, 5) is 11.0. The zero-order valence-corrected chi connectivity index (χ0v) is 11.6. The van der Waals surface area contributed by atoms with E-state index in [-0.39, 0.29) is 10.8 Å². The Labute approximate surface area is 127 Å². The number of halogens is 4. The Balaban J connectivity index is 2.41. The molecule has 3 N–H and O–H groups in total. The van der Waals surface area contributed by atoms with Crippen LogP contribution in [0.3, 0.4) is 0 Å². The van der Waals surface area contributed by atoms with Crippen molar-refractivity contribution in [2.24, 2.45) is 5.73 Å². The number of nitrogens with one attached hydrogen (secondary N) is 1. The van der Waals surface area contributed by atoms with Crippen LogP contribution in [0.25, 0.3) is 5.69 Å². The summed E-state index contributed by atoms with van der Waals surface area (Å²) in [5, 5.41) is 5.75. The molecule has 0 aliphatic heterocycles. The number of nitrogens with zero attached hydrogens (tertiary/aromatic N) is 2. The average Bonchev–Trinajstić information content (AvgIpc) is 2.74. The molecule has 6 nitrogen and oxygen atoms in total. The summed E-state index contributed by atoms with van der Waals surface area (Å²) in [6, 6.07) is 7.37. The summed E-state index contributed by atoms with van der Waals surface area (Å²) in [5.41, 5.74) is 5.48. The number of hydrogen-bond acceptors (Lipinski definition) is 3. The number of aromatic nitrogens is 2. The van der Waals surface area contributed by atoms with Crippen molar-refractivity contribution in [2.75, 3.05) is 11.9 Å². The maximum absolute atomic E-state index is 12.2. The lowest BCUT2D eigenvalue weighted by atomic mass is 10.3. The van der Waals surface area contributed by atoms with Gasteiger partial charge in [0.1, 0.15) is 5.02 Å². The standard InChI is InChI=1S/C12H10ClF3N4O2/c13-8-9(18-11(17)21)20(7-4-2-1-3-5-7)19-10(8)22-6-12(14,15)16/h1-5H,6H2,(H3,17,18,21). The number of rotatable bonds is 4. The normalized spacial score (nSPS) is 11.3. The Bertz CT molecular complexity index is 673. The van der Waals surface area contributed by atoms with Crippen molar-refractivity contribution in [3.8, 4) is 11.6 Å². The van der Waals surface area contributed by atoms with Gasteiger partial charge < -0.3 is 10.5 Å². The van der Waals surface area contributed by atoms with Gasteiger partial charge in [-0.2, -0.15) is 13.2 Å². The van der Waals surface area contributed by atoms with E-state index >= 15 is 0 Å². The summed E-state index contributed by atoms with van der Waals surface area (Å²) in [6.07, 6.45) is -4.54. The molecule has 0 radical (unpaired) electrons. The van der Waals surface area contributed by atoms with E-state index in [2.05, 4.69) is 15.2 Å². The van der Waals surface area contributed by atoms with Crippen molar-refractivity contribution in [1.82, 2.24) is 9.78 Å². The second-order valence-corrected chi connectivity index (χ2v) is 4.49. The maximum atomic E-state index is 12.2. The molecule has 0 aliphatic carbocycles. The Kier molecular flexibility index (Phi) is 4.45. The van der Waals surface area contributed by atoms with Crippen LogP contribution < -0.4 is 15.8 Å². The molecule has 0 saturated heterocycles. The number of alkyl halides is 3. The van der Waals surface area contributed by atoms with Crippen molar-refractivity contribution in [3.63, 3.8) is 0 Å². The predicted molar refractivity (Wildman–Crippen MR) is 73.3 cm³/mol. The summed E-state index contributed by atoms with van der Waals surface area (Å²) < 4.78 is 42.3. The molecule has 2 aromatic rings. The van der Waals surface area contributed by atoms with Gasteiger partial charge >= 0.3 is 12.2 Å². The first kappa shape index (κ1) is 16.0. The van der Waals surface area contributed by atoms with Gasteiger partial charge in [0.25, 0.3) is 5.88 Å². The van der Waals surface area contributed by atoms with E-state index in [0.717, 1.165) is 4.68 Å². The first-order chi connectivity index (χ1) is 10.3. The third-order valence-electron chi connectivity index (χ3n) is 2.41. The number of benzene rings is 1. The van der Waals surface area contributed by atoms with Crippen molar-refractivity contribution >= 4 is 23.4 Å². The second kappa shape index (κ2) is 6.14. The molecule has 10 heteroatoms. The number of carbonyl (C=O) groups excluding carboxylic acids is 1. The zero-order valence-electron chi connectivity index (χ0n) is 10.9. The van der Waals surface area contributed by atoms with Gasteiger partial charge in [0.05, 0.1) is 5.69 Å². The first-order valence-electron chi connectivity index (χ1n) is 5.88. The average molecular weight is 335 g/mol. The highest BCUT2D eigenvalue weighted by atomic mass is 35.5. The Morgan fingerprint density at radius 1 is 1.36 bits per heavy atom. The minimum atomic E-state index is -4.54. The van der Waals surface area contributed by atoms with E-state index in [9.17, 15) is 18.0 Å². The van der Waals surface area contributed by atoms with Crippen LogP contribution >= 0.6 is 11.6 Å². The topological polar surface area (TPSA) is 82.2 Å². The van der Waals surface area contributed by atoms with Crippen molar-refractivity contribution in [1.29, 1.82) is 0 Å². The SMILES string of the molecule is NC(=O)Nc1c(Cl)c(OCC(F)(F)F)nn1-c1ccccc1. The predicted octanol–water partition coefficient (Wildman–Crippen LogP) is 2.96. The highest BCUT2D eigenvalue weighted by Crippen LogP contribution is 2.34. The summed E-state index contributed by atoms with van der Waals surface area (Å²) in [6.45, 7) is -1.56. The van der Waals surface area contributed by atoms with E-state index in [1.807, 2.05) is 0 Å². The van der Waals surface area contributed by atoms with E-state index in [0.29, 0.717) is 5.69 Å². The maximum Gasteiger partial charge on any atom is 0.422 e. The van der Waals surface area contributed by atoms with Crippen LogP contribution in [0.1, 0.15) is 0 Å². The number of para-hydroxylation sites is 1. The van der Waals surface area contributed by atoms with Gasteiger partial charge in [-0.15, -0.1) is 5.10 Å². The lowest BCUT2D eigenvalue weighted by Gasteiger charge is -2.06. The van der Waals surface area contributed by atoms with Gasteiger partial charge in [-0.3, -0.25) is 5.32 Å². The Morgan fingerprint density at radius 2 is 2.00 bits per heavy atom. The number of nitrogens with two attached hydrogens (primary N) is 1. The largest absolute Gasteiger partial charge is 0.466 e. The zero-order chi connectivity index (χ0) is 16.3. The minimum Gasteiger partial charge on any atom is -0.466 e. The molecule has 22 heavy (non-hydrogen) atoms. The molecule has 0 fully saturated rings. The fourth-order valence-electron chi connectivity index (χ4n) is 1.60. The summed E-state index contributed by atoms with van der Waals surface area (Å²) in [7, 11) is 0. The fraction of sp³-hybridized carbons (Fsp3) is 0.167. The Hall–Kier alpha value is -2.42. The molecule has 1 aromatic carbocycles. The van der Waals surface area contributed by atoms with Crippen LogP contribution in [-0.4, -0.2) is 28.6 Å². The lowest BCUT2D eigenvalue weighted by molar-refractivity contribution is -0.154. The highest BCUT2D eigenvalue weighted by Gasteiger charge is 2.30. The van der Waals surface area contributed by atoms with Crippen LogP contribution in [0.4, 0.5) is 23.8 Å². The van der Waals surface area contributed by atoms with E-state index in [1.54, 1.807) is 30.3 Å². The molecule has 0 aliphatic rings. The van der Waals surface area contributed by atoms with Gasteiger partial charge in [-0.1, -0.05) is 29.8 Å². The monoisotopic (exact) mass is 334 g/mol. The molecule has 1 heterocycles. The molecule has 118 valence electrons. The number of amides is 2. The number of carbonyl (C=O) groups is 1. The minimum absolute atomic E-state index is 0.0856.